The first-order chi connectivity index (χ1) is 7.59. The number of carbonyl (C=O) groups is 1. The van der Waals surface area contributed by atoms with Crippen molar-refractivity contribution in [3.63, 3.8) is 0 Å². The monoisotopic (exact) mass is 239 g/mol. The molecule has 2 nitrogen and oxygen atoms in total. The molecule has 0 radical (unpaired) electrons. The number of rotatable bonds is 1. The zero-order valence-electron chi connectivity index (χ0n) is 10.6. The van der Waals surface area contributed by atoms with Gasteiger partial charge < -0.3 is 4.90 Å². The number of thioether (sulfide) groups is 1. The van der Waals surface area contributed by atoms with Gasteiger partial charge in [-0.1, -0.05) is 36.8 Å². The molecule has 2 rings (SSSR count). The van der Waals surface area contributed by atoms with Crippen molar-refractivity contribution in [2.45, 2.75) is 69.1 Å². The molecule has 1 saturated carbocycles. The van der Waals surface area contributed by atoms with Crippen LogP contribution in [0.1, 0.15) is 46.0 Å². The number of amides is 1. The van der Waals surface area contributed by atoms with Crippen molar-refractivity contribution in [2.24, 2.45) is 0 Å². The summed E-state index contributed by atoms with van der Waals surface area (Å²) in [4.78, 5) is 14.1. The minimum atomic E-state index is 0.319. The van der Waals surface area contributed by atoms with Crippen LogP contribution in [0.3, 0.4) is 0 Å². The Hall–Kier alpha value is -0.115. The van der Waals surface area contributed by atoms with Gasteiger partial charge in [-0.3, -0.25) is 4.79 Å². The average molecular weight is 239 g/mol. The second-order valence-corrected chi connectivity index (χ2v) is 6.81. The fourth-order valence-electron chi connectivity index (χ4n) is 3.07. The van der Waals surface area contributed by atoms with E-state index in [1.54, 1.807) is 11.8 Å². The summed E-state index contributed by atoms with van der Waals surface area (Å²) < 4.78 is 0. The third-order valence-electron chi connectivity index (χ3n) is 3.89. The Balaban J connectivity index is 2.12. The molecule has 1 saturated heterocycles. The van der Waals surface area contributed by atoms with Gasteiger partial charge in [-0.25, -0.2) is 0 Å². The first-order valence-electron chi connectivity index (χ1n) is 6.58. The first-order valence-corrected chi connectivity index (χ1v) is 7.46. The van der Waals surface area contributed by atoms with Crippen molar-refractivity contribution in [1.82, 2.24) is 4.90 Å². The Kier molecular flexibility index (Phi) is 3.88. The topological polar surface area (TPSA) is 20.3 Å². The van der Waals surface area contributed by atoms with Crippen LogP contribution < -0.4 is 0 Å². The van der Waals surface area contributed by atoms with Gasteiger partial charge >= 0.3 is 0 Å². The summed E-state index contributed by atoms with van der Waals surface area (Å²) in [5.74, 6) is 0.792. The number of hydrogen-bond donors (Lipinski definition) is 0. The lowest BCUT2D eigenvalue weighted by Crippen LogP contribution is -2.41. The van der Waals surface area contributed by atoms with Crippen LogP contribution in [-0.2, 0) is 0 Å². The number of nitrogens with zero attached hydrogens (tertiary/aromatic N) is 1. The molecular weight excluding hydrogens is 217 g/mol. The van der Waals surface area contributed by atoms with E-state index in [4.69, 9.17) is 0 Å². The lowest BCUT2D eigenvalue weighted by Gasteiger charge is -2.32. The Morgan fingerprint density at radius 2 is 2.06 bits per heavy atom. The summed E-state index contributed by atoms with van der Waals surface area (Å²) in [7, 11) is 2.34. The minimum absolute atomic E-state index is 0.319. The summed E-state index contributed by atoms with van der Waals surface area (Å²) in [6, 6.07) is 0.880. The molecule has 0 spiro atoms. The Labute approximate surface area is 104 Å². The van der Waals surface area contributed by atoms with E-state index in [1.165, 1.54) is 32.1 Å². The van der Waals surface area contributed by atoms with Crippen molar-refractivity contribution in [3.8, 4) is 0 Å². The fourth-order valence-corrected chi connectivity index (χ4v) is 4.64. The lowest BCUT2D eigenvalue weighted by molar-refractivity contribution is 0.174. The average Bonchev–Trinajstić information content (AvgIpc) is 2.46. The fraction of sp³-hybridized carbons (Fsp3) is 0.917. The predicted octanol–water partition coefficient (Wildman–Crippen LogP) is 2.69. The van der Waals surface area contributed by atoms with Crippen LogP contribution in [0.15, 0.2) is 0 Å². The van der Waals surface area contributed by atoms with Crippen LogP contribution in [-0.4, -0.2) is 35.3 Å². The van der Waals surface area contributed by atoms with E-state index in [9.17, 15) is 4.79 Å². The maximum Gasteiger partial charge on any atom is 0.282 e. The molecular formula is C12H22BNOS. The van der Waals surface area contributed by atoms with Gasteiger partial charge in [0.15, 0.2) is 0 Å². The van der Waals surface area contributed by atoms with Crippen LogP contribution in [0, 0.1) is 0 Å². The molecule has 0 N–H and O–H groups in total. The van der Waals surface area contributed by atoms with E-state index in [1.807, 2.05) is 0 Å². The van der Waals surface area contributed by atoms with Crippen LogP contribution in [0.5, 0.6) is 0 Å². The summed E-state index contributed by atoms with van der Waals surface area (Å²) >= 11 is 1.60. The SMILES string of the molecule is BC1CCCCC2C(C1)SC(=O)N2C(C)C. The molecule has 90 valence electrons. The van der Waals surface area contributed by atoms with Gasteiger partial charge in [0, 0.05) is 17.3 Å². The zero-order chi connectivity index (χ0) is 11.7. The summed E-state index contributed by atoms with van der Waals surface area (Å²) in [6.45, 7) is 4.28. The van der Waals surface area contributed by atoms with Crippen molar-refractivity contribution in [3.05, 3.63) is 0 Å². The molecule has 1 aliphatic heterocycles. The van der Waals surface area contributed by atoms with E-state index >= 15 is 0 Å². The highest BCUT2D eigenvalue weighted by molar-refractivity contribution is 8.14. The molecule has 1 aliphatic carbocycles. The smallest absolute Gasteiger partial charge is 0.282 e. The van der Waals surface area contributed by atoms with E-state index in [-0.39, 0.29) is 0 Å². The molecule has 1 amide bonds. The van der Waals surface area contributed by atoms with E-state index in [0.29, 0.717) is 22.6 Å². The van der Waals surface area contributed by atoms with E-state index in [0.717, 1.165) is 5.82 Å². The molecule has 4 heteroatoms. The molecule has 1 heterocycles. The van der Waals surface area contributed by atoms with Gasteiger partial charge in [0.1, 0.15) is 7.85 Å². The molecule has 0 bridgehead atoms. The first kappa shape index (κ1) is 12.3. The highest BCUT2D eigenvalue weighted by Gasteiger charge is 2.42. The molecule has 3 unspecified atom stereocenters. The number of fused-ring (bicyclic) bond motifs is 1. The maximum atomic E-state index is 12.0. The molecule has 0 aromatic carbocycles. The normalized spacial score (nSPS) is 36.1. The molecule has 0 aromatic heterocycles. The largest absolute Gasteiger partial charge is 0.327 e. The third kappa shape index (κ3) is 2.42. The molecule has 3 atom stereocenters. The molecule has 2 fully saturated rings. The quantitative estimate of drug-likeness (QED) is 0.656. The molecule has 2 aliphatic rings. The highest BCUT2D eigenvalue weighted by Crippen LogP contribution is 2.41. The van der Waals surface area contributed by atoms with Crippen LogP contribution in [0.4, 0.5) is 4.79 Å². The highest BCUT2D eigenvalue weighted by atomic mass is 32.2. The van der Waals surface area contributed by atoms with Crippen molar-refractivity contribution in [1.29, 1.82) is 0 Å². The zero-order valence-corrected chi connectivity index (χ0v) is 11.4. The maximum absolute atomic E-state index is 12.0. The van der Waals surface area contributed by atoms with E-state index < -0.39 is 0 Å². The van der Waals surface area contributed by atoms with Gasteiger partial charge in [-0.15, -0.1) is 0 Å². The third-order valence-corrected chi connectivity index (χ3v) is 5.11. The Bertz CT molecular complexity index is 272. The van der Waals surface area contributed by atoms with Gasteiger partial charge in [0.25, 0.3) is 5.24 Å². The Morgan fingerprint density at radius 3 is 2.75 bits per heavy atom. The lowest BCUT2D eigenvalue weighted by atomic mass is 9.76. The van der Waals surface area contributed by atoms with Crippen molar-refractivity contribution in [2.75, 3.05) is 0 Å². The second kappa shape index (κ2) is 5.03. The molecule has 0 aromatic rings. The van der Waals surface area contributed by atoms with Crippen molar-refractivity contribution >= 4 is 24.8 Å². The van der Waals surface area contributed by atoms with E-state index in [2.05, 4.69) is 26.6 Å². The number of hydrogen-bond acceptors (Lipinski definition) is 2. The number of carbonyl (C=O) groups excluding carboxylic acids is 1. The second-order valence-electron chi connectivity index (χ2n) is 5.62. The predicted molar refractivity (Wildman–Crippen MR) is 72.9 cm³/mol. The van der Waals surface area contributed by atoms with Crippen LogP contribution in [0.25, 0.3) is 0 Å². The van der Waals surface area contributed by atoms with Crippen LogP contribution >= 0.6 is 11.8 Å². The van der Waals surface area contributed by atoms with Gasteiger partial charge in [0.05, 0.1) is 0 Å². The summed E-state index contributed by atoms with van der Waals surface area (Å²) in [5.41, 5.74) is 0. The minimum Gasteiger partial charge on any atom is -0.327 e. The van der Waals surface area contributed by atoms with Gasteiger partial charge in [-0.2, -0.15) is 0 Å². The van der Waals surface area contributed by atoms with Gasteiger partial charge in [-0.05, 0) is 26.7 Å². The van der Waals surface area contributed by atoms with Crippen LogP contribution in [0.2, 0.25) is 5.82 Å². The standard InChI is InChI=1S/C12H22BNOS/c1-8(2)14-10-6-4-3-5-9(13)7-11(10)16-12(14)15/h8-11H,3-7,13H2,1-2H3. The van der Waals surface area contributed by atoms with Crippen molar-refractivity contribution < 1.29 is 4.79 Å². The van der Waals surface area contributed by atoms with Gasteiger partial charge in [0.2, 0.25) is 0 Å². The Morgan fingerprint density at radius 1 is 1.38 bits per heavy atom. The molecule has 16 heavy (non-hydrogen) atoms. The summed E-state index contributed by atoms with van der Waals surface area (Å²) in [5, 5.41) is 0.879. The summed E-state index contributed by atoms with van der Waals surface area (Å²) in [6.07, 6.45) is 6.43.